The molecule has 2 aromatic rings. The van der Waals surface area contributed by atoms with Gasteiger partial charge in [-0.1, -0.05) is 6.92 Å². The van der Waals surface area contributed by atoms with Crippen molar-refractivity contribution in [3.05, 3.63) is 45.2 Å². The summed E-state index contributed by atoms with van der Waals surface area (Å²) in [4.78, 5) is 30.0. The van der Waals surface area contributed by atoms with Crippen molar-refractivity contribution in [1.29, 1.82) is 0 Å². The van der Waals surface area contributed by atoms with Crippen molar-refractivity contribution < 1.29 is 14.4 Å². The van der Waals surface area contributed by atoms with Crippen LogP contribution in [0.4, 0.5) is 0 Å². The number of esters is 1. The van der Waals surface area contributed by atoms with E-state index < -0.39 is 0 Å². The fourth-order valence-electron chi connectivity index (χ4n) is 4.11. The number of benzene rings is 1. The Balaban J connectivity index is 1.99. The molecule has 1 fully saturated rings. The number of carbonyl (C=O) groups is 1. The average Bonchev–Trinajstić information content (AvgIpc) is 2.65. The molecule has 0 aliphatic carbocycles. The predicted octanol–water partition coefficient (Wildman–Crippen LogP) is 2.36. The van der Waals surface area contributed by atoms with Crippen LogP contribution in [0.15, 0.2) is 23.0 Å². The molecule has 0 bridgehead atoms. The summed E-state index contributed by atoms with van der Waals surface area (Å²) in [5, 5.41) is 0.570. The number of rotatable bonds is 5. The molecule has 26 heavy (non-hydrogen) atoms. The van der Waals surface area contributed by atoms with E-state index in [0.29, 0.717) is 23.6 Å². The van der Waals surface area contributed by atoms with Crippen LogP contribution in [0.5, 0.6) is 0 Å². The van der Waals surface area contributed by atoms with Crippen molar-refractivity contribution in [3.8, 4) is 0 Å². The minimum absolute atomic E-state index is 0.0373. The van der Waals surface area contributed by atoms with E-state index in [-0.39, 0.29) is 11.4 Å². The molecule has 0 spiro atoms. The van der Waals surface area contributed by atoms with Gasteiger partial charge in [-0.2, -0.15) is 0 Å². The first-order chi connectivity index (χ1) is 12.5. The number of likely N-dealkylation sites (tertiary alicyclic amines) is 1. The maximum atomic E-state index is 13.2. The lowest BCUT2D eigenvalue weighted by Gasteiger charge is -2.32. The number of hydrogen-bond acceptors (Lipinski definition) is 3. The summed E-state index contributed by atoms with van der Waals surface area (Å²) in [5.41, 5.74) is 3.00. The molecular formula is C21H29N2O3+. The topological polar surface area (TPSA) is 63.6 Å². The van der Waals surface area contributed by atoms with E-state index in [0.717, 1.165) is 36.3 Å². The third kappa shape index (κ3) is 3.68. The number of pyridine rings is 1. The highest BCUT2D eigenvalue weighted by Gasteiger charge is 2.26. The van der Waals surface area contributed by atoms with Crippen LogP contribution in [0, 0.1) is 6.92 Å². The van der Waals surface area contributed by atoms with E-state index in [1.807, 2.05) is 6.92 Å². The number of nitrogens with one attached hydrogen (secondary N) is 2. The molecule has 2 atom stereocenters. The summed E-state index contributed by atoms with van der Waals surface area (Å²) in [6.07, 6.45) is 4.90. The van der Waals surface area contributed by atoms with Gasteiger partial charge in [0.2, 0.25) is 0 Å². The van der Waals surface area contributed by atoms with Crippen LogP contribution in [-0.2, 0) is 11.3 Å². The Morgan fingerprint density at radius 3 is 2.85 bits per heavy atom. The SMILES string of the molecule is CCOC(=O)c1ccc2[nH]c(C)c(C[NH+]3CCCCC3CC)c(=O)c2c1. The molecule has 3 rings (SSSR count). The minimum Gasteiger partial charge on any atom is -0.462 e. The van der Waals surface area contributed by atoms with Crippen LogP contribution in [0.25, 0.3) is 10.9 Å². The Bertz CT molecular complexity index is 856. The molecule has 5 heteroatoms. The number of quaternary nitrogens is 1. The Morgan fingerprint density at radius 1 is 1.31 bits per heavy atom. The number of hydrogen-bond donors (Lipinski definition) is 2. The molecule has 2 heterocycles. The largest absolute Gasteiger partial charge is 0.462 e. The van der Waals surface area contributed by atoms with Gasteiger partial charge in [-0.05, 0) is 57.7 Å². The Kier molecular flexibility index (Phi) is 5.77. The Morgan fingerprint density at radius 2 is 2.12 bits per heavy atom. The van der Waals surface area contributed by atoms with Gasteiger partial charge >= 0.3 is 5.97 Å². The van der Waals surface area contributed by atoms with Crippen LogP contribution >= 0.6 is 0 Å². The molecule has 1 aromatic heterocycles. The zero-order valence-corrected chi connectivity index (χ0v) is 16.0. The van der Waals surface area contributed by atoms with Crippen molar-refractivity contribution in [2.75, 3.05) is 13.2 Å². The van der Waals surface area contributed by atoms with Gasteiger partial charge in [0.15, 0.2) is 5.43 Å². The summed E-state index contributed by atoms with van der Waals surface area (Å²) >= 11 is 0. The molecule has 2 N–H and O–H groups in total. The molecule has 1 aliphatic heterocycles. The van der Waals surface area contributed by atoms with Crippen LogP contribution < -0.4 is 10.3 Å². The van der Waals surface area contributed by atoms with E-state index in [4.69, 9.17) is 4.74 Å². The average molecular weight is 357 g/mol. The first kappa shape index (κ1) is 18.6. The fraction of sp³-hybridized carbons (Fsp3) is 0.524. The first-order valence-electron chi connectivity index (χ1n) is 9.72. The molecule has 5 nitrogen and oxygen atoms in total. The fourth-order valence-corrected chi connectivity index (χ4v) is 4.11. The van der Waals surface area contributed by atoms with Gasteiger partial charge in [-0.15, -0.1) is 0 Å². The zero-order valence-electron chi connectivity index (χ0n) is 16.0. The highest BCUT2D eigenvalue weighted by molar-refractivity contribution is 5.94. The molecule has 2 unspecified atom stereocenters. The maximum Gasteiger partial charge on any atom is 0.338 e. The molecule has 140 valence electrons. The van der Waals surface area contributed by atoms with Crippen LogP contribution in [-0.4, -0.2) is 30.1 Å². The lowest BCUT2D eigenvalue weighted by molar-refractivity contribution is -0.944. The predicted molar refractivity (Wildman–Crippen MR) is 103 cm³/mol. The second-order valence-electron chi connectivity index (χ2n) is 7.22. The monoisotopic (exact) mass is 357 g/mol. The van der Waals surface area contributed by atoms with Gasteiger partial charge < -0.3 is 14.6 Å². The lowest BCUT2D eigenvalue weighted by atomic mass is 9.98. The third-order valence-corrected chi connectivity index (χ3v) is 5.60. The van der Waals surface area contributed by atoms with E-state index in [9.17, 15) is 9.59 Å². The van der Waals surface area contributed by atoms with Gasteiger partial charge in [-0.3, -0.25) is 4.79 Å². The smallest absolute Gasteiger partial charge is 0.338 e. The molecule has 0 radical (unpaired) electrons. The number of fused-ring (bicyclic) bond motifs is 1. The van der Waals surface area contributed by atoms with E-state index in [2.05, 4.69) is 11.9 Å². The van der Waals surface area contributed by atoms with Crippen LogP contribution in [0.1, 0.15) is 61.1 Å². The molecule has 0 amide bonds. The van der Waals surface area contributed by atoms with E-state index in [1.165, 1.54) is 24.2 Å². The highest BCUT2D eigenvalue weighted by Crippen LogP contribution is 2.15. The molecule has 1 saturated heterocycles. The number of ether oxygens (including phenoxy) is 1. The lowest BCUT2D eigenvalue weighted by Crippen LogP contribution is -3.15. The standard InChI is InChI=1S/C21H28N2O3/c1-4-16-8-6-7-11-23(16)13-18-14(3)22-19-10-9-15(21(25)26-5-2)12-17(19)20(18)24/h9-10,12,16H,4-8,11,13H2,1-3H3,(H,22,24)/p+1. The summed E-state index contributed by atoms with van der Waals surface area (Å²) < 4.78 is 5.07. The third-order valence-electron chi connectivity index (χ3n) is 5.60. The number of piperidine rings is 1. The number of aromatic nitrogens is 1. The van der Waals surface area contributed by atoms with Crippen molar-refractivity contribution in [2.45, 2.75) is 59.0 Å². The highest BCUT2D eigenvalue weighted by atomic mass is 16.5. The van der Waals surface area contributed by atoms with Crippen molar-refractivity contribution >= 4 is 16.9 Å². The van der Waals surface area contributed by atoms with Crippen LogP contribution in [0.2, 0.25) is 0 Å². The second kappa shape index (κ2) is 8.04. The zero-order chi connectivity index (χ0) is 18.7. The molecule has 1 aromatic carbocycles. The summed E-state index contributed by atoms with van der Waals surface area (Å²) in [6, 6.07) is 5.79. The molecular weight excluding hydrogens is 328 g/mol. The van der Waals surface area contributed by atoms with E-state index in [1.54, 1.807) is 25.1 Å². The van der Waals surface area contributed by atoms with E-state index >= 15 is 0 Å². The van der Waals surface area contributed by atoms with Crippen LogP contribution in [0.3, 0.4) is 0 Å². The normalized spacial score (nSPS) is 20.3. The van der Waals surface area contributed by atoms with Crippen molar-refractivity contribution in [1.82, 2.24) is 4.98 Å². The van der Waals surface area contributed by atoms with Gasteiger partial charge in [0.25, 0.3) is 0 Å². The van der Waals surface area contributed by atoms with Crippen molar-refractivity contribution in [2.24, 2.45) is 0 Å². The number of aromatic amines is 1. The quantitative estimate of drug-likeness (QED) is 0.808. The Labute approximate surface area is 154 Å². The second-order valence-corrected chi connectivity index (χ2v) is 7.22. The first-order valence-corrected chi connectivity index (χ1v) is 9.72. The van der Waals surface area contributed by atoms with Crippen molar-refractivity contribution in [3.63, 3.8) is 0 Å². The van der Waals surface area contributed by atoms with Gasteiger partial charge in [0.1, 0.15) is 6.54 Å². The number of aryl methyl sites for hydroxylation is 1. The Hall–Kier alpha value is -2.14. The molecule has 1 aliphatic rings. The minimum atomic E-state index is -0.386. The summed E-state index contributed by atoms with van der Waals surface area (Å²) in [5.74, 6) is -0.386. The van der Waals surface area contributed by atoms with Gasteiger partial charge in [-0.25, -0.2) is 4.79 Å². The number of H-pyrrole nitrogens is 1. The number of carbonyl (C=O) groups excluding carboxylic acids is 1. The maximum absolute atomic E-state index is 13.2. The van der Waals surface area contributed by atoms with Gasteiger partial charge in [0, 0.05) is 16.6 Å². The molecule has 0 saturated carbocycles. The summed E-state index contributed by atoms with van der Waals surface area (Å²) in [7, 11) is 0. The van der Waals surface area contributed by atoms with Gasteiger partial charge in [0.05, 0.1) is 30.3 Å². The summed E-state index contributed by atoms with van der Waals surface area (Å²) in [6.45, 7) is 8.18.